The lowest BCUT2D eigenvalue weighted by Crippen LogP contribution is -2.19. The highest BCUT2D eigenvalue weighted by Crippen LogP contribution is 2.30. The molecule has 0 radical (unpaired) electrons. The molecule has 2 aromatic heterocycles. The molecule has 202 valence electrons. The molecule has 2 heterocycles. The molecule has 0 bridgehead atoms. The van der Waals surface area contributed by atoms with E-state index in [4.69, 9.17) is 15.0 Å². The van der Waals surface area contributed by atoms with E-state index in [1.165, 1.54) is 0 Å². The van der Waals surface area contributed by atoms with Crippen molar-refractivity contribution in [2.24, 2.45) is 14.1 Å². The minimum Gasteiger partial charge on any atom is -0.295 e. The molecular weight excluding hydrogens is 518 g/mol. The van der Waals surface area contributed by atoms with Gasteiger partial charge in [-0.15, -0.1) is 0 Å². The van der Waals surface area contributed by atoms with Crippen LogP contribution in [0.4, 0.5) is 0 Å². The second kappa shape index (κ2) is 10.4. The van der Waals surface area contributed by atoms with E-state index in [0.29, 0.717) is 17.5 Å². The van der Waals surface area contributed by atoms with Gasteiger partial charge in [-0.05, 0) is 40.5 Å². The van der Waals surface area contributed by atoms with E-state index in [1.807, 2.05) is 84.9 Å². The lowest BCUT2D eigenvalue weighted by molar-refractivity contribution is 0.795. The third kappa shape index (κ3) is 4.59. The van der Waals surface area contributed by atoms with Crippen LogP contribution in [0.1, 0.15) is 0 Å². The first-order valence-electron chi connectivity index (χ1n) is 13.8. The molecule has 0 amide bonds. The van der Waals surface area contributed by atoms with Gasteiger partial charge in [-0.2, -0.15) is 0 Å². The van der Waals surface area contributed by atoms with Crippen LogP contribution in [0, 0.1) is 0 Å². The van der Waals surface area contributed by atoms with E-state index in [2.05, 4.69) is 42.5 Å². The molecule has 0 aliphatic carbocycles. The second-order valence-corrected chi connectivity index (χ2v) is 10.3. The number of imidazole rings is 1. The van der Waals surface area contributed by atoms with E-state index in [9.17, 15) is 4.79 Å². The molecule has 6 heteroatoms. The zero-order valence-electron chi connectivity index (χ0n) is 23.3. The first-order valence-corrected chi connectivity index (χ1v) is 13.8. The van der Waals surface area contributed by atoms with Crippen molar-refractivity contribution in [1.82, 2.24) is 24.1 Å². The van der Waals surface area contributed by atoms with Crippen LogP contribution in [-0.4, -0.2) is 24.1 Å². The molecule has 6 nitrogen and oxygen atoms in total. The molecule has 7 rings (SSSR count). The fraction of sp³-hybridized carbons (Fsp3) is 0.0556. The van der Waals surface area contributed by atoms with Crippen LogP contribution in [0.5, 0.6) is 0 Å². The number of nitrogens with zero attached hydrogens (tertiary/aromatic N) is 5. The number of hydrogen-bond acceptors (Lipinski definition) is 4. The smallest absolute Gasteiger partial charge is 0.295 e. The first kappa shape index (κ1) is 25.4. The van der Waals surface area contributed by atoms with Crippen molar-refractivity contribution in [3.8, 4) is 56.4 Å². The molecule has 0 N–H and O–H groups in total. The Morgan fingerprint density at radius 2 is 0.833 bits per heavy atom. The fourth-order valence-electron chi connectivity index (χ4n) is 5.32. The van der Waals surface area contributed by atoms with Gasteiger partial charge in [0, 0.05) is 30.8 Å². The van der Waals surface area contributed by atoms with Gasteiger partial charge in [-0.3, -0.25) is 9.13 Å². The van der Waals surface area contributed by atoms with Gasteiger partial charge in [0.25, 0.3) is 0 Å². The average Bonchev–Trinajstić information content (AvgIpc) is 3.28. The highest BCUT2D eigenvalue weighted by Gasteiger charge is 2.14. The normalized spacial score (nSPS) is 11.2. The molecule has 0 atom stereocenters. The Morgan fingerprint density at radius 1 is 0.405 bits per heavy atom. The number of aryl methyl sites for hydroxylation is 2. The third-order valence-electron chi connectivity index (χ3n) is 7.64. The average molecular weight is 546 g/mol. The van der Waals surface area contributed by atoms with Crippen molar-refractivity contribution < 1.29 is 0 Å². The number of hydrogen-bond donors (Lipinski definition) is 0. The Labute approximate surface area is 243 Å². The maximum atomic E-state index is 12.4. The van der Waals surface area contributed by atoms with Crippen molar-refractivity contribution in [2.75, 3.05) is 0 Å². The predicted molar refractivity (Wildman–Crippen MR) is 169 cm³/mol. The van der Waals surface area contributed by atoms with Gasteiger partial charge >= 0.3 is 5.69 Å². The lowest BCUT2D eigenvalue weighted by atomic mass is 10.0. The summed E-state index contributed by atoms with van der Waals surface area (Å²) in [4.78, 5) is 27.1. The second-order valence-electron chi connectivity index (χ2n) is 10.3. The summed E-state index contributed by atoms with van der Waals surface area (Å²) in [6.45, 7) is 0. The largest absolute Gasteiger partial charge is 0.328 e. The molecule has 7 aromatic rings. The Morgan fingerprint density at radius 3 is 1.50 bits per heavy atom. The third-order valence-corrected chi connectivity index (χ3v) is 7.64. The van der Waals surface area contributed by atoms with E-state index in [-0.39, 0.29) is 5.69 Å². The van der Waals surface area contributed by atoms with Gasteiger partial charge in [0.2, 0.25) is 0 Å². The monoisotopic (exact) mass is 545 g/mol. The van der Waals surface area contributed by atoms with Gasteiger partial charge in [0.15, 0.2) is 17.5 Å². The molecule has 0 saturated heterocycles. The summed E-state index contributed by atoms with van der Waals surface area (Å²) < 4.78 is 3.35. The van der Waals surface area contributed by atoms with E-state index in [0.717, 1.165) is 50.0 Å². The quantitative estimate of drug-likeness (QED) is 0.226. The Hall–Kier alpha value is -5.62. The van der Waals surface area contributed by atoms with Crippen molar-refractivity contribution in [3.63, 3.8) is 0 Å². The molecule has 0 aliphatic rings. The number of fused-ring (bicyclic) bond motifs is 1. The predicted octanol–water partition coefficient (Wildman–Crippen LogP) is 7.40. The Balaban J connectivity index is 1.30. The summed E-state index contributed by atoms with van der Waals surface area (Å²) in [7, 11) is 3.60. The number of benzene rings is 5. The Bertz CT molecular complexity index is 2110. The summed E-state index contributed by atoms with van der Waals surface area (Å²) >= 11 is 0. The minimum absolute atomic E-state index is 0.0355. The molecule has 42 heavy (non-hydrogen) atoms. The van der Waals surface area contributed by atoms with Crippen LogP contribution < -0.4 is 5.69 Å². The molecular formula is C36H27N5O. The maximum Gasteiger partial charge on any atom is 0.328 e. The Kier molecular flexibility index (Phi) is 6.28. The summed E-state index contributed by atoms with van der Waals surface area (Å²) in [6.07, 6.45) is 0. The van der Waals surface area contributed by atoms with E-state index in [1.54, 1.807) is 23.2 Å². The van der Waals surface area contributed by atoms with Crippen molar-refractivity contribution in [2.45, 2.75) is 0 Å². The van der Waals surface area contributed by atoms with Crippen LogP contribution >= 0.6 is 0 Å². The van der Waals surface area contributed by atoms with Gasteiger partial charge in [0.1, 0.15) is 0 Å². The van der Waals surface area contributed by atoms with Gasteiger partial charge in [0.05, 0.1) is 11.0 Å². The number of rotatable bonds is 5. The van der Waals surface area contributed by atoms with Crippen molar-refractivity contribution in [1.29, 1.82) is 0 Å². The van der Waals surface area contributed by atoms with Crippen LogP contribution in [0.15, 0.2) is 132 Å². The van der Waals surface area contributed by atoms with E-state index < -0.39 is 0 Å². The van der Waals surface area contributed by atoms with Crippen LogP contribution in [0.25, 0.3) is 67.5 Å². The van der Waals surface area contributed by atoms with Crippen LogP contribution in [-0.2, 0) is 14.1 Å². The zero-order chi connectivity index (χ0) is 28.6. The highest BCUT2D eigenvalue weighted by atomic mass is 16.1. The SMILES string of the molecule is Cn1c(=O)n(C)c2cc(-c3ccc(-c4nc(-c5ccccc5)nc(-c5cccc(-c6ccccc6)c5)n4)cc3)ccc21. The zero-order valence-corrected chi connectivity index (χ0v) is 23.3. The molecule has 5 aromatic carbocycles. The van der Waals surface area contributed by atoms with Crippen LogP contribution in [0.3, 0.4) is 0 Å². The van der Waals surface area contributed by atoms with Gasteiger partial charge in [-0.25, -0.2) is 19.7 Å². The summed E-state index contributed by atoms with van der Waals surface area (Å²) in [5.74, 6) is 1.85. The minimum atomic E-state index is -0.0355. The molecule has 0 saturated carbocycles. The summed E-state index contributed by atoms with van der Waals surface area (Å²) in [5.41, 5.74) is 8.85. The molecule has 0 aliphatic heterocycles. The van der Waals surface area contributed by atoms with Crippen LogP contribution in [0.2, 0.25) is 0 Å². The summed E-state index contributed by atoms with van der Waals surface area (Å²) in [6, 6.07) is 42.9. The number of aromatic nitrogens is 5. The molecule has 0 spiro atoms. The van der Waals surface area contributed by atoms with Gasteiger partial charge in [-0.1, -0.05) is 109 Å². The first-order chi connectivity index (χ1) is 20.5. The summed E-state index contributed by atoms with van der Waals surface area (Å²) in [5, 5.41) is 0. The fourth-order valence-corrected chi connectivity index (χ4v) is 5.32. The van der Waals surface area contributed by atoms with E-state index >= 15 is 0 Å². The highest BCUT2D eigenvalue weighted by molar-refractivity contribution is 5.83. The molecule has 0 unspecified atom stereocenters. The van der Waals surface area contributed by atoms with Gasteiger partial charge < -0.3 is 0 Å². The maximum absolute atomic E-state index is 12.4. The topological polar surface area (TPSA) is 65.6 Å². The molecule has 0 fully saturated rings. The van der Waals surface area contributed by atoms with Crippen molar-refractivity contribution >= 4 is 11.0 Å². The lowest BCUT2D eigenvalue weighted by Gasteiger charge is -2.10. The van der Waals surface area contributed by atoms with Crippen molar-refractivity contribution in [3.05, 3.63) is 138 Å². The standard InChI is InChI=1S/C36H27N5O/c1-40-31-21-20-29(23-32(31)41(2)36(40)42)25-16-18-27(19-17-25)34-37-33(26-12-7-4-8-13-26)38-35(39-34)30-15-9-14-28(22-30)24-10-5-3-6-11-24/h3-23H,1-2H3.